The molecular formula is C24H28N4. The fourth-order valence-corrected chi connectivity index (χ4v) is 4.54. The standard InChI is InChI=1S/C24H28N4/c1-4-8-18(15-25)21(5-2)19-11-17(3)12-20(13-19)28-16-27-24(14-23(24)28)22-9-6-7-10-26-22/h4,6-10,12-13,15-17,23,25H,5,11,14H2,1-3H3/b8-4-,21-18-,25-15?. The summed E-state index contributed by atoms with van der Waals surface area (Å²) in [5, 5.41) is 7.83. The van der Waals surface area contributed by atoms with Gasteiger partial charge in [0.15, 0.2) is 0 Å². The zero-order valence-corrected chi connectivity index (χ0v) is 16.9. The first-order valence-corrected chi connectivity index (χ1v) is 10.2. The van der Waals surface area contributed by atoms with Crippen molar-refractivity contribution in [2.24, 2.45) is 10.9 Å². The molecule has 3 unspecified atom stereocenters. The van der Waals surface area contributed by atoms with E-state index in [9.17, 15) is 0 Å². The Morgan fingerprint density at radius 3 is 2.89 bits per heavy atom. The van der Waals surface area contributed by atoms with Gasteiger partial charge in [0.25, 0.3) is 0 Å². The summed E-state index contributed by atoms with van der Waals surface area (Å²) < 4.78 is 0. The molecule has 0 spiro atoms. The van der Waals surface area contributed by atoms with Crippen LogP contribution in [0.1, 0.15) is 45.7 Å². The molecule has 4 nitrogen and oxygen atoms in total. The first kappa shape index (κ1) is 18.6. The van der Waals surface area contributed by atoms with Crippen molar-refractivity contribution in [2.75, 3.05) is 0 Å². The second-order valence-corrected chi connectivity index (χ2v) is 7.89. The zero-order chi connectivity index (χ0) is 19.7. The lowest BCUT2D eigenvalue weighted by Crippen LogP contribution is -2.25. The van der Waals surface area contributed by atoms with E-state index in [1.54, 1.807) is 0 Å². The van der Waals surface area contributed by atoms with Gasteiger partial charge in [-0.1, -0.05) is 38.1 Å². The summed E-state index contributed by atoms with van der Waals surface area (Å²) >= 11 is 0. The third kappa shape index (κ3) is 3.07. The van der Waals surface area contributed by atoms with Crippen molar-refractivity contribution in [2.45, 2.75) is 51.6 Å². The molecule has 4 rings (SSSR count). The Morgan fingerprint density at radius 1 is 1.39 bits per heavy atom. The molecule has 2 aliphatic carbocycles. The highest BCUT2D eigenvalue weighted by atomic mass is 15.3. The van der Waals surface area contributed by atoms with Gasteiger partial charge in [0.05, 0.1) is 18.1 Å². The number of nitrogens with zero attached hydrogens (tertiary/aromatic N) is 3. The molecule has 3 atom stereocenters. The monoisotopic (exact) mass is 372 g/mol. The Bertz CT molecular complexity index is 919. The lowest BCUT2D eigenvalue weighted by Gasteiger charge is -2.26. The van der Waals surface area contributed by atoms with Gasteiger partial charge in [0.2, 0.25) is 0 Å². The summed E-state index contributed by atoms with van der Waals surface area (Å²) in [5.41, 5.74) is 5.76. The molecule has 0 bridgehead atoms. The number of aromatic nitrogens is 1. The van der Waals surface area contributed by atoms with Crippen LogP contribution in [0.2, 0.25) is 0 Å². The Balaban J connectivity index is 1.65. The lowest BCUT2D eigenvalue weighted by molar-refractivity contribution is 0.500. The van der Waals surface area contributed by atoms with Crippen LogP contribution in [0.15, 0.2) is 76.1 Å². The van der Waals surface area contributed by atoms with Crippen LogP contribution < -0.4 is 0 Å². The van der Waals surface area contributed by atoms with Crippen LogP contribution in [-0.4, -0.2) is 28.5 Å². The molecule has 1 saturated carbocycles. The fourth-order valence-electron chi connectivity index (χ4n) is 4.54. The fraction of sp³-hybridized carbons (Fsp3) is 0.375. The highest BCUT2D eigenvalue weighted by Gasteiger charge is 2.63. The van der Waals surface area contributed by atoms with E-state index in [0.717, 1.165) is 30.5 Å². The van der Waals surface area contributed by atoms with Crippen molar-refractivity contribution < 1.29 is 0 Å². The molecule has 2 heterocycles. The third-order valence-electron chi connectivity index (χ3n) is 5.96. The molecule has 3 aliphatic rings. The molecule has 1 fully saturated rings. The Hall–Kier alpha value is -2.75. The van der Waals surface area contributed by atoms with Gasteiger partial charge < -0.3 is 10.3 Å². The average Bonchev–Trinajstić information content (AvgIpc) is 3.33. The summed E-state index contributed by atoms with van der Waals surface area (Å²) in [6.07, 6.45) is 17.0. The van der Waals surface area contributed by atoms with Gasteiger partial charge in [-0.2, -0.15) is 0 Å². The molecule has 1 aliphatic heterocycles. The molecule has 0 amide bonds. The molecule has 28 heavy (non-hydrogen) atoms. The Kier molecular flexibility index (Phi) is 4.88. The van der Waals surface area contributed by atoms with Gasteiger partial charge in [0.1, 0.15) is 5.54 Å². The van der Waals surface area contributed by atoms with E-state index in [4.69, 9.17) is 10.4 Å². The smallest absolute Gasteiger partial charge is 0.127 e. The summed E-state index contributed by atoms with van der Waals surface area (Å²) in [4.78, 5) is 11.8. The largest absolute Gasteiger partial charge is 0.327 e. The molecule has 1 aromatic heterocycles. The van der Waals surface area contributed by atoms with E-state index >= 15 is 0 Å². The molecule has 0 saturated heterocycles. The third-order valence-corrected chi connectivity index (χ3v) is 5.96. The molecular weight excluding hydrogens is 344 g/mol. The predicted octanol–water partition coefficient (Wildman–Crippen LogP) is 5.18. The summed E-state index contributed by atoms with van der Waals surface area (Å²) in [6, 6.07) is 6.45. The average molecular weight is 373 g/mol. The van der Waals surface area contributed by atoms with Crippen molar-refractivity contribution in [3.63, 3.8) is 0 Å². The van der Waals surface area contributed by atoms with Crippen LogP contribution in [0, 0.1) is 11.3 Å². The number of rotatable bonds is 6. The number of hydrogen-bond donors (Lipinski definition) is 1. The van der Waals surface area contributed by atoms with Crippen LogP contribution in [0.3, 0.4) is 0 Å². The van der Waals surface area contributed by atoms with Crippen molar-refractivity contribution in [1.82, 2.24) is 9.88 Å². The molecule has 0 aromatic carbocycles. The highest BCUT2D eigenvalue weighted by molar-refractivity contribution is 5.82. The van der Waals surface area contributed by atoms with E-state index in [0.29, 0.717) is 12.0 Å². The Labute approximate surface area is 167 Å². The number of allylic oxidation sites excluding steroid dienone is 7. The first-order valence-electron chi connectivity index (χ1n) is 10.2. The van der Waals surface area contributed by atoms with Gasteiger partial charge in [-0.05, 0) is 60.6 Å². The molecule has 1 aromatic rings. The number of nitrogens with one attached hydrogen (secondary N) is 1. The minimum Gasteiger partial charge on any atom is -0.327 e. The van der Waals surface area contributed by atoms with Crippen molar-refractivity contribution in [3.05, 3.63) is 76.8 Å². The van der Waals surface area contributed by atoms with Crippen LogP contribution in [-0.2, 0) is 5.54 Å². The highest BCUT2D eigenvalue weighted by Crippen LogP contribution is 2.56. The summed E-state index contributed by atoms with van der Waals surface area (Å²) in [6.45, 7) is 6.45. The van der Waals surface area contributed by atoms with E-state index in [1.807, 2.05) is 43.7 Å². The van der Waals surface area contributed by atoms with E-state index in [-0.39, 0.29) is 5.54 Å². The summed E-state index contributed by atoms with van der Waals surface area (Å²) in [7, 11) is 0. The van der Waals surface area contributed by atoms with Gasteiger partial charge >= 0.3 is 0 Å². The maximum Gasteiger partial charge on any atom is 0.127 e. The maximum absolute atomic E-state index is 7.83. The SMILES string of the molecule is C/C=C\C(C=N)=C(/CC)C1=CC(N2C=NC3(c4ccccn4)CC23)=CC(C)C1. The molecule has 1 N–H and O–H groups in total. The zero-order valence-electron chi connectivity index (χ0n) is 16.9. The number of fused-ring (bicyclic) bond motifs is 1. The van der Waals surface area contributed by atoms with Crippen LogP contribution in [0.5, 0.6) is 0 Å². The molecule has 144 valence electrons. The van der Waals surface area contributed by atoms with Crippen LogP contribution in [0.25, 0.3) is 0 Å². The Morgan fingerprint density at radius 2 is 2.25 bits per heavy atom. The van der Waals surface area contributed by atoms with E-state index in [1.165, 1.54) is 23.1 Å². The first-order chi connectivity index (χ1) is 13.6. The van der Waals surface area contributed by atoms with Crippen LogP contribution >= 0.6 is 0 Å². The van der Waals surface area contributed by atoms with Gasteiger partial charge in [-0.3, -0.25) is 9.98 Å². The second kappa shape index (κ2) is 7.34. The minimum atomic E-state index is -0.161. The molecule has 0 radical (unpaired) electrons. The quantitative estimate of drug-likeness (QED) is 0.553. The second-order valence-electron chi connectivity index (χ2n) is 7.89. The normalized spacial score (nSPS) is 29.3. The minimum absolute atomic E-state index is 0.161. The lowest BCUT2D eigenvalue weighted by atomic mass is 9.86. The van der Waals surface area contributed by atoms with Crippen molar-refractivity contribution in [1.29, 1.82) is 5.41 Å². The number of hydrogen-bond acceptors (Lipinski definition) is 4. The van der Waals surface area contributed by atoms with Crippen LogP contribution in [0.4, 0.5) is 0 Å². The van der Waals surface area contributed by atoms with Gasteiger partial charge in [-0.25, -0.2) is 0 Å². The topological polar surface area (TPSA) is 52.3 Å². The maximum atomic E-state index is 7.83. The number of aliphatic imine (C=N–C) groups is 1. The van der Waals surface area contributed by atoms with Gasteiger partial charge in [-0.15, -0.1) is 0 Å². The van der Waals surface area contributed by atoms with Gasteiger partial charge in [0, 0.05) is 24.5 Å². The van der Waals surface area contributed by atoms with E-state index < -0.39 is 0 Å². The molecule has 4 heteroatoms. The van der Waals surface area contributed by atoms with Crippen molar-refractivity contribution >= 4 is 12.6 Å². The predicted molar refractivity (Wildman–Crippen MR) is 116 cm³/mol. The van der Waals surface area contributed by atoms with Crippen molar-refractivity contribution in [3.8, 4) is 0 Å². The summed E-state index contributed by atoms with van der Waals surface area (Å²) in [5.74, 6) is 0.464. The van der Waals surface area contributed by atoms with E-state index in [2.05, 4.69) is 41.9 Å². The number of pyridine rings is 1.